The van der Waals surface area contributed by atoms with Gasteiger partial charge in [-0.1, -0.05) is 62.8 Å². The molecule has 0 aliphatic carbocycles. The molecule has 11 heteroatoms. The van der Waals surface area contributed by atoms with E-state index in [2.05, 4.69) is 71.3 Å². The molecule has 47 heavy (non-hydrogen) atoms. The first-order valence-corrected chi connectivity index (χ1v) is 19.4. The summed E-state index contributed by atoms with van der Waals surface area (Å²) in [6, 6.07) is 13.3. The topological polar surface area (TPSA) is 117 Å². The SMILES string of the molecule is COCCN1I=C(/C=C/C=C/C=C2/N(CCCCCC(=O)O)c3ccccc3C2(C)CCOC)C(C)(C)c2cc(S(=O)(=O)O)ccc21. The number of hydrogen-bond donors (Lipinski definition) is 2. The van der Waals surface area contributed by atoms with Gasteiger partial charge in [0.05, 0.1) is 18.0 Å². The number of aliphatic carboxylic acids is 1. The van der Waals surface area contributed by atoms with Gasteiger partial charge in [0, 0.05) is 86.2 Å². The number of allylic oxidation sites excluding steroid dienone is 6. The fourth-order valence-corrected chi connectivity index (χ4v) is 9.76. The molecule has 1 unspecified atom stereocenters. The van der Waals surface area contributed by atoms with Crippen LogP contribution in [0.3, 0.4) is 0 Å². The normalized spacial score (nSPS) is 20.0. The Morgan fingerprint density at radius 3 is 2.36 bits per heavy atom. The van der Waals surface area contributed by atoms with Crippen LogP contribution in [0.25, 0.3) is 0 Å². The van der Waals surface area contributed by atoms with Crippen LogP contribution >= 0.6 is 21.0 Å². The van der Waals surface area contributed by atoms with Crippen LogP contribution in [0.2, 0.25) is 0 Å². The highest BCUT2D eigenvalue weighted by Gasteiger charge is 2.42. The van der Waals surface area contributed by atoms with Crippen LogP contribution in [0.1, 0.15) is 64.0 Å². The van der Waals surface area contributed by atoms with Gasteiger partial charge in [-0.2, -0.15) is 8.42 Å². The maximum atomic E-state index is 12.0. The summed E-state index contributed by atoms with van der Waals surface area (Å²) >= 11 is -0.593. The van der Waals surface area contributed by atoms with Gasteiger partial charge in [0.1, 0.15) is 0 Å². The zero-order chi connectivity index (χ0) is 34.2. The second kappa shape index (κ2) is 16.0. The van der Waals surface area contributed by atoms with E-state index in [-0.39, 0.29) is 16.7 Å². The lowest BCUT2D eigenvalue weighted by Gasteiger charge is -2.38. The van der Waals surface area contributed by atoms with Crippen molar-refractivity contribution in [1.82, 2.24) is 0 Å². The Kier molecular flexibility index (Phi) is 12.6. The molecule has 2 aliphatic heterocycles. The molecule has 1 atom stereocenters. The number of ether oxygens (including phenoxy) is 2. The highest BCUT2D eigenvalue weighted by molar-refractivity contribution is 14.2. The molecule has 0 spiro atoms. The Hall–Kier alpha value is -2.84. The summed E-state index contributed by atoms with van der Waals surface area (Å²) in [4.78, 5) is 13.3. The minimum absolute atomic E-state index is 0.105. The quantitative estimate of drug-likeness (QED) is 0.0601. The highest BCUT2D eigenvalue weighted by Crippen LogP contribution is 2.50. The Bertz CT molecular complexity index is 1660. The van der Waals surface area contributed by atoms with E-state index in [1.54, 1.807) is 26.4 Å². The molecular formula is C36H47IN2O7S. The Morgan fingerprint density at radius 1 is 0.915 bits per heavy atom. The average Bonchev–Trinajstić information content (AvgIpc) is 3.26. The van der Waals surface area contributed by atoms with Gasteiger partial charge in [0.15, 0.2) is 0 Å². The van der Waals surface area contributed by atoms with Crippen LogP contribution in [-0.4, -0.2) is 68.1 Å². The van der Waals surface area contributed by atoms with Gasteiger partial charge in [-0.3, -0.25) is 9.35 Å². The van der Waals surface area contributed by atoms with Crippen LogP contribution in [-0.2, 0) is 35.2 Å². The number of benzene rings is 2. The molecule has 0 amide bonds. The lowest BCUT2D eigenvalue weighted by molar-refractivity contribution is -0.137. The summed E-state index contributed by atoms with van der Waals surface area (Å²) in [6.07, 6.45) is 13.9. The molecule has 0 saturated carbocycles. The summed E-state index contributed by atoms with van der Waals surface area (Å²) in [6.45, 7) is 9.12. The molecule has 2 heterocycles. The third-order valence-electron chi connectivity index (χ3n) is 8.93. The molecule has 0 fully saturated rings. The van der Waals surface area contributed by atoms with Gasteiger partial charge in [-0.15, -0.1) is 0 Å². The standard InChI is InChI=1S/C36H47IN2O7S/c1-35(2)29-26-27(47(42,43)44)19-20-31(29)39(23-25-46-5)37-32(35)16-8-6-9-17-33-36(3,21-24-45-4)28-14-11-12-15-30(28)38(33)22-13-7-10-18-34(40)41/h6,8-9,11-12,14-17,19-20,26H,7,10,13,18,21-25H2,1-5H3,(H,40,41)(H,42,43,44)/b9-6+,16-8+,33-17+. The number of fused-ring (bicyclic) bond motifs is 2. The first-order valence-electron chi connectivity index (χ1n) is 15.9. The zero-order valence-corrected chi connectivity index (χ0v) is 30.9. The predicted octanol–water partition coefficient (Wildman–Crippen LogP) is 7.19. The molecule has 0 bridgehead atoms. The van der Waals surface area contributed by atoms with Crippen LogP contribution in [0.15, 0.2) is 83.4 Å². The van der Waals surface area contributed by atoms with E-state index in [0.717, 1.165) is 37.1 Å². The smallest absolute Gasteiger partial charge is 0.303 e. The minimum Gasteiger partial charge on any atom is -0.481 e. The number of methoxy groups -OCH3 is 2. The summed E-state index contributed by atoms with van der Waals surface area (Å²) in [5.74, 6) is -0.755. The summed E-state index contributed by atoms with van der Waals surface area (Å²) < 4.78 is 48.1. The van der Waals surface area contributed by atoms with Crippen molar-refractivity contribution in [3.63, 3.8) is 0 Å². The van der Waals surface area contributed by atoms with Crippen LogP contribution in [0.4, 0.5) is 11.4 Å². The molecule has 2 aliphatic rings. The van der Waals surface area contributed by atoms with Crippen molar-refractivity contribution < 1.29 is 32.3 Å². The number of hydrogen-bond acceptors (Lipinski definition) is 7. The number of para-hydroxylation sites is 1. The van der Waals surface area contributed by atoms with E-state index in [1.165, 1.54) is 26.5 Å². The Balaban J connectivity index is 1.63. The van der Waals surface area contributed by atoms with Crippen molar-refractivity contribution in [3.8, 4) is 0 Å². The number of rotatable bonds is 16. The number of carboxylic acid groups (broad SMARTS) is 1. The van der Waals surface area contributed by atoms with Gasteiger partial charge in [0.25, 0.3) is 10.1 Å². The molecule has 4 rings (SSSR count). The number of unbranched alkanes of at least 4 members (excludes halogenated alkanes) is 2. The zero-order valence-electron chi connectivity index (χ0n) is 27.9. The largest absolute Gasteiger partial charge is 0.481 e. The van der Waals surface area contributed by atoms with Crippen LogP contribution in [0, 0.1) is 0 Å². The molecule has 2 N–H and O–H groups in total. The molecular weight excluding hydrogens is 731 g/mol. The maximum Gasteiger partial charge on any atom is 0.303 e. The highest BCUT2D eigenvalue weighted by atomic mass is 127. The van der Waals surface area contributed by atoms with E-state index >= 15 is 0 Å². The Labute approximate surface area is 289 Å². The molecule has 256 valence electrons. The molecule has 9 nitrogen and oxygen atoms in total. The second-order valence-corrected chi connectivity index (χ2v) is 16.8. The van der Waals surface area contributed by atoms with Gasteiger partial charge in [-0.05, 0) is 67.7 Å². The average molecular weight is 779 g/mol. The van der Waals surface area contributed by atoms with Gasteiger partial charge < -0.3 is 22.6 Å². The minimum atomic E-state index is -4.34. The lowest BCUT2D eigenvalue weighted by Crippen LogP contribution is -2.35. The number of carboxylic acids is 1. The first-order chi connectivity index (χ1) is 22.3. The molecule has 0 radical (unpaired) electrons. The maximum absolute atomic E-state index is 12.0. The fourth-order valence-electron chi connectivity index (χ4n) is 6.25. The van der Waals surface area contributed by atoms with E-state index in [0.29, 0.717) is 26.2 Å². The number of anilines is 2. The number of carbonyl (C=O) groups is 1. The predicted molar refractivity (Wildman–Crippen MR) is 198 cm³/mol. The first kappa shape index (κ1) is 37.0. The van der Waals surface area contributed by atoms with Crippen LogP contribution in [0.5, 0.6) is 0 Å². The molecule has 2 aromatic rings. The summed E-state index contributed by atoms with van der Waals surface area (Å²) in [5.41, 5.74) is 4.79. The molecule has 0 saturated heterocycles. The lowest BCUT2D eigenvalue weighted by atomic mass is 9.78. The van der Waals surface area contributed by atoms with E-state index in [4.69, 9.17) is 14.6 Å². The van der Waals surface area contributed by atoms with E-state index in [1.807, 2.05) is 12.2 Å². The summed E-state index contributed by atoms with van der Waals surface area (Å²) in [7, 11) is -0.943. The molecule has 0 aromatic heterocycles. The van der Waals surface area contributed by atoms with Crippen molar-refractivity contribution in [2.45, 2.75) is 68.6 Å². The third kappa shape index (κ3) is 8.61. The fraction of sp³-hybridized carbons (Fsp3) is 0.444. The monoisotopic (exact) mass is 778 g/mol. The third-order valence-corrected chi connectivity index (χ3v) is 13.6. The van der Waals surface area contributed by atoms with Crippen LogP contribution < -0.4 is 8.01 Å². The molecule has 2 aromatic carbocycles. The summed E-state index contributed by atoms with van der Waals surface area (Å²) in [5, 5.41) is 9.05. The van der Waals surface area contributed by atoms with E-state index < -0.39 is 42.5 Å². The van der Waals surface area contributed by atoms with E-state index in [9.17, 15) is 17.8 Å². The van der Waals surface area contributed by atoms with Crippen molar-refractivity contribution in [1.29, 1.82) is 0 Å². The Morgan fingerprint density at radius 2 is 1.66 bits per heavy atom. The van der Waals surface area contributed by atoms with Gasteiger partial charge >= 0.3 is 5.97 Å². The van der Waals surface area contributed by atoms with Crippen molar-refractivity contribution >= 4 is 52.0 Å². The van der Waals surface area contributed by atoms with Crippen molar-refractivity contribution in [3.05, 3.63) is 89.7 Å². The second-order valence-electron chi connectivity index (χ2n) is 12.5. The number of nitrogens with zero attached hydrogens (tertiary/aromatic N) is 2. The van der Waals surface area contributed by atoms with Crippen molar-refractivity contribution in [2.24, 2.45) is 0 Å². The van der Waals surface area contributed by atoms with Gasteiger partial charge in [-0.25, -0.2) is 0 Å². The van der Waals surface area contributed by atoms with Crippen molar-refractivity contribution in [2.75, 3.05) is 48.5 Å². The number of halogens is 1. The van der Waals surface area contributed by atoms with Gasteiger partial charge in [0.2, 0.25) is 0 Å².